The number of nitriles is 1. The van der Waals surface area contributed by atoms with Crippen molar-refractivity contribution in [2.75, 3.05) is 0 Å². The average molecular weight is 185 g/mol. The minimum absolute atomic E-state index is 0.527. The fraction of sp³-hybridized carbons (Fsp3) is 0.273. The van der Waals surface area contributed by atoms with E-state index in [9.17, 15) is 0 Å². The summed E-state index contributed by atoms with van der Waals surface area (Å²) in [4.78, 5) is 4.29. The first-order valence-corrected chi connectivity index (χ1v) is 4.60. The predicted octanol–water partition coefficient (Wildman–Crippen LogP) is 2.26. The van der Waals surface area contributed by atoms with Gasteiger partial charge in [0.1, 0.15) is 0 Å². The Morgan fingerprint density at radius 2 is 2.36 bits per heavy atom. The topological polar surface area (TPSA) is 41.6 Å². The van der Waals surface area contributed by atoms with Crippen molar-refractivity contribution in [1.29, 1.82) is 5.26 Å². The van der Waals surface area contributed by atoms with Crippen molar-refractivity contribution in [1.82, 2.24) is 9.55 Å². The number of nitrogens with zero attached hydrogens (tertiary/aromatic N) is 3. The molecule has 0 bridgehead atoms. The molecule has 3 heteroatoms. The van der Waals surface area contributed by atoms with E-state index in [4.69, 9.17) is 5.26 Å². The molecule has 2 aromatic rings. The quantitative estimate of drug-likeness (QED) is 0.720. The molecular weight excluding hydrogens is 174 g/mol. The third kappa shape index (κ3) is 1.47. The minimum Gasteiger partial charge on any atom is -0.330 e. The number of benzene rings is 1. The van der Waals surface area contributed by atoms with Crippen LogP contribution in [0.2, 0.25) is 0 Å². The first-order chi connectivity index (χ1) is 6.81. The highest BCUT2D eigenvalue weighted by Gasteiger charge is 2.01. The molecule has 0 fully saturated rings. The van der Waals surface area contributed by atoms with Gasteiger partial charge in [0.05, 0.1) is 29.9 Å². The van der Waals surface area contributed by atoms with Crippen LogP contribution < -0.4 is 0 Å². The average Bonchev–Trinajstić information content (AvgIpc) is 2.57. The van der Waals surface area contributed by atoms with E-state index in [-0.39, 0.29) is 0 Å². The van der Waals surface area contributed by atoms with Gasteiger partial charge in [-0.2, -0.15) is 5.26 Å². The van der Waals surface area contributed by atoms with Gasteiger partial charge in [-0.25, -0.2) is 4.98 Å². The number of imidazole rings is 1. The third-order valence-electron chi connectivity index (χ3n) is 2.24. The van der Waals surface area contributed by atoms with Crippen molar-refractivity contribution in [2.45, 2.75) is 19.9 Å². The van der Waals surface area contributed by atoms with Crippen LogP contribution in [0.15, 0.2) is 24.5 Å². The van der Waals surface area contributed by atoms with Crippen LogP contribution in [0.4, 0.5) is 0 Å². The summed E-state index contributed by atoms with van der Waals surface area (Å²) in [6.45, 7) is 2.77. The first-order valence-electron chi connectivity index (χ1n) is 4.60. The molecule has 1 aromatic heterocycles. The maximum Gasteiger partial charge on any atom is 0.0958 e. The minimum atomic E-state index is 0.527. The molecule has 1 aromatic carbocycles. The van der Waals surface area contributed by atoms with Gasteiger partial charge < -0.3 is 4.57 Å². The van der Waals surface area contributed by atoms with Gasteiger partial charge in [-0.1, -0.05) is 6.07 Å². The third-order valence-corrected chi connectivity index (χ3v) is 2.24. The van der Waals surface area contributed by atoms with Crippen LogP contribution in [0.1, 0.15) is 12.0 Å². The Kier molecular flexibility index (Phi) is 2.19. The molecule has 14 heavy (non-hydrogen) atoms. The normalized spacial score (nSPS) is 10.3. The van der Waals surface area contributed by atoms with Crippen molar-refractivity contribution in [3.8, 4) is 6.07 Å². The lowest BCUT2D eigenvalue weighted by Crippen LogP contribution is -1.94. The number of aryl methyl sites for hydroxylation is 2. The fourth-order valence-corrected chi connectivity index (χ4v) is 1.52. The monoisotopic (exact) mass is 185 g/mol. The van der Waals surface area contributed by atoms with Crippen molar-refractivity contribution in [2.24, 2.45) is 0 Å². The van der Waals surface area contributed by atoms with Gasteiger partial charge in [0.2, 0.25) is 0 Å². The summed E-state index contributed by atoms with van der Waals surface area (Å²) < 4.78 is 2.01. The molecule has 0 saturated heterocycles. The number of hydrogen-bond donors (Lipinski definition) is 0. The second kappa shape index (κ2) is 3.51. The molecule has 0 atom stereocenters. The Labute approximate surface area is 82.6 Å². The Balaban J connectivity index is 2.43. The van der Waals surface area contributed by atoms with Crippen molar-refractivity contribution < 1.29 is 0 Å². The molecule has 70 valence electrons. The molecule has 0 aliphatic heterocycles. The van der Waals surface area contributed by atoms with E-state index in [2.05, 4.69) is 29.3 Å². The smallest absolute Gasteiger partial charge is 0.0958 e. The number of hydrogen-bond acceptors (Lipinski definition) is 2. The highest BCUT2D eigenvalue weighted by atomic mass is 15.0. The molecule has 0 amide bonds. The van der Waals surface area contributed by atoms with E-state index in [0.29, 0.717) is 6.42 Å². The number of aromatic nitrogens is 2. The Morgan fingerprint density at radius 1 is 1.50 bits per heavy atom. The van der Waals surface area contributed by atoms with Crippen LogP contribution in [0.5, 0.6) is 0 Å². The van der Waals surface area contributed by atoms with Crippen LogP contribution >= 0.6 is 0 Å². The molecule has 3 nitrogen and oxygen atoms in total. The number of rotatable bonds is 2. The van der Waals surface area contributed by atoms with E-state index in [1.54, 1.807) is 6.33 Å². The molecule has 0 unspecified atom stereocenters. The summed E-state index contributed by atoms with van der Waals surface area (Å²) in [7, 11) is 0. The Hall–Kier alpha value is -1.82. The summed E-state index contributed by atoms with van der Waals surface area (Å²) in [5, 5.41) is 8.50. The fourth-order valence-electron chi connectivity index (χ4n) is 1.52. The molecule has 0 saturated carbocycles. The maximum absolute atomic E-state index is 8.50. The lowest BCUT2D eigenvalue weighted by Gasteiger charge is -1.99. The SMILES string of the molecule is Cc1ccc2c(c1)ncn2CCC#N. The highest BCUT2D eigenvalue weighted by Crippen LogP contribution is 2.14. The summed E-state index contributed by atoms with van der Waals surface area (Å²) in [6.07, 6.45) is 2.32. The zero-order valence-electron chi connectivity index (χ0n) is 8.07. The highest BCUT2D eigenvalue weighted by molar-refractivity contribution is 5.75. The van der Waals surface area contributed by atoms with Gasteiger partial charge in [-0.15, -0.1) is 0 Å². The standard InChI is InChI=1S/C11H11N3/c1-9-3-4-11-10(7-9)13-8-14(11)6-2-5-12/h3-4,7-8H,2,6H2,1H3. The Morgan fingerprint density at radius 3 is 3.14 bits per heavy atom. The van der Waals surface area contributed by atoms with E-state index in [0.717, 1.165) is 17.6 Å². The van der Waals surface area contributed by atoms with Crippen LogP contribution in [0.25, 0.3) is 11.0 Å². The lowest BCUT2D eigenvalue weighted by molar-refractivity contribution is 0.736. The van der Waals surface area contributed by atoms with Crippen molar-refractivity contribution in [3.05, 3.63) is 30.1 Å². The first kappa shape index (κ1) is 8.76. The zero-order valence-corrected chi connectivity index (χ0v) is 8.07. The van der Waals surface area contributed by atoms with Gasteiger partial charge in [-0.3, -0.25) is 0 Å². The molecule has 1 heterocycles. The number of fused-ring (bicyclic) bond motifs is 1. The van der Waals surface area contributed by atoms with Crippen LogP contribution in [-0.2, 0) is 6.54 Å². The van der Waals surface area contributed by atoms with Gasteiger partial charge >= 0.3 is 0 Å². The Bertz CT molecular complexity index is 491. The molecule has 0 aliphatic carbocycles. The summed E-state index contributed by atoms with van der Waals surface area (Å²) >= 11 is 0. The summed E-state index contributed by atoms with van der Waals surface area (Å²) in [6, 6.07) is 8.30. The van der Waals surface area contributed by atoms with Gasteiger partial charge in [0, 0.05) is 6.54 Å². The van der Waals surface area contributed by atoms with Crippen LogP contribution in [-0.4, -0.2) is 9.55 Å². The molecule has 2 rings (SSSR count). The molecule has 0 aliphatic rings. The van der Waals surface area contributed by atoms with Gasteiger partial charge in [0.25, 0.3) is 0 Å². The second-order valence-electron chi connectivity index (χ2n) is 3.34. The molecule has 0 radical (unpaired) electrons. The van der Waals surface area contributed by atoms with E-state index < -0.39 is 0 Å². The van der Waals surface area contributed by atoms with Gasteiger partial charge in [0.15, 0.2) is 0 Å². The van der Waals surface area contributed by atoms with Gasteiger partial charge in [-0.05, 0) is 24.6 Å². The van der Waals surface area contributed by atoms with Crippen molar-refractivity contribution >= 4 is 11.0 Å². The van der Waals surface area contributed by atoms with Crippen LogP contribution in [0.3, 0.4) is 0 Å². The summed E-state index contributed by atoms with van der Waals surface area (Å²) in [5.74, 6) is 0. The van der Waals surface area contributed by atoms with Crippen LogP contribution in [0, 0.1) is 18.3 Å². The predicted molar refractivity (Wildman–Crippen MR) is 54.7 cm³/mol. The molecule has 0 N–H and O–H groups in total. The van der Waals surface area contributed by atoms with E-state index in [1.165, 1.54) is 5.56 Å². The van der Waals surface area contributed by atoms with Crippen molar-refractivity contribution in [3.63, 3.8) is 0 Å². The second-order valence-corrected chi connectivity index (χ2v) is 3.34. The molecular formula is C11H11N3. The van der Waals surface area contributed by atoms with E-state index in [1.807, 2.05) is 11.5 Å². The molecule has 0 spiro atoms. The zero-order chi connectivity index (χ0) is 9.97. The summed E-state index contributed by atoms with van der Waals surface area (Å²) in [5.41, 5.74) is 3.32. The maximum atomic E-state index is 8.50. The van der Waals surface area contributed by atoms with E-state index >= 15 is 0 Å². The largest absolute Gasteiger partial charge is 0.330 e. The lowest BCUT2D eigenvalue weighted by atomic mass is 10.2.